The molecule has 3 aromatic carbocycles. The van der Waals surface area contributed by atoms with Gasteiger partial charge in [0.05, 0.1) is 6.42 Å². The summed E-state index contributed by atoms with van der Waals surface area (Å²) in [6.07, 6.45) is 2.75. The number of nitrogens with zero attached hydrogens (tertiary/aromatic N) is 1. The third-order valence-electron chi connectivity index (χ3n) is 5.30. The van der Waals surface area contributed by atoms with Crippen LogP contribution in [0.2, 0.25) is 0 Å². The number of anilines is 1. The molecular formula is C24H21N3O. The Morgan fingerprint density at radius 2 is 1.79 bits per heavy atom. The molecular weight excluding hydrogens is 346 g/mol. The smallest absolute Gasteiger partial charge is 0.229 e. The number of benzene rings is 3. The Labute approximate surface area is 163 Å². The van der Waals surface area contributed by atoms with E-state index in [1.165, 1.54) is 29.2 Å². The van der Waals surface area contributed by atoms with Crippen LogP contribution in [0.1, 0.15) is 30.0 Å². The quantitative estimate of drug-likeness (QED) is 0.504. The molecule has 2 N–H and O–H groups in total. The number of aromatic amines is 1. The summed E-state index contributed by atoms with van der Waals surface area (Å²) < 4.78 is 0. The van der Waals surface area contributed by atoms with Crippen molar-refractivity contribution in [3.8, 4) is 11.1 Å². The van der Waals surface area contributed by atoms with Crippen molar-refractivity contribution in [2.75, 3.05) is 5.32 Å². The molecule has 5 rings (SSSR count). The Hall–Kier alpha value is -3.40. The molecule has 1 aliphatic rings. The van der Waals surface area contributed by atoms with Gasteiger partial charge in [-0.2, -0.15) is 5.10 Å². The molecule has 0 bridgehead atoms. The van der Waals surface area contributed by atoms with Crippen LogP contribution in [0.25, 0.3) is 21.9 Å². The van der Waals surface area contributed by atoms with Gasteiger partial charge in [0.25, 0.3) is 0 Å². The Morgan fingerprint density at radius 3 is 2.61 bits per heavy atom. The number of aromatic nitrogens is 2. The van der Waals surface area contributed by atoms with Gasteiger partial charge in [0.2, 0.25) is 5.91 Å². The third-order valence-corrected chi connectivity index (χ3v) is 5.30. The molecule has 1 amide bonds. The summed E-state index contributed by atoms with van der Waals surface area (Å²) in [5, 5.41) is 12.5. The summed E-state index contributed by atoms with van der Waals surface area (Å²) in [6, 6.07) is 24.9. The average Bonchev–Trinajstić information content (AvgIpc) is 3.48. The minimum Gasteiger partial charge on any atom is -0.309 e. The molecule has 1 aliphatic carbocycles. The second-order valence-corrected chi connectivity index (χ2v) is 7.43. The van der Waals surface area contributed by atoms with E-state index < -0.39 is 0 Å². The van der Waals surface area contributed by atoms with Gasteiger partial charge in [-0.15, -0.1) is 0 Å². The van der Waals surface area contributed by atoms with Gasteiger partial charge in [-0.3, -0.25) is 9.89 Å². The van der Waals surface area contributed by atoms with Gasteiger partial charge in [0.15, 0.2) is 5.82 Å². The number of H-pyrrole nitrogens is 1. The minimum atomic E-state index is -0.0493. The second-order valence-electron chi connectivity index (χ2n) is 7.43. The fourth-order valence-corrected chi connectivity index (χ4v) is 3.66. The molecule has 0 unspecified atom stereocenters. The maximum atomic E-state index is 12.3. The van der Waals surface area contributed by atoms with Crippen LogP contribution in [0.4, 0.5) is 5.82 Å². The molecule has 1 fully saturated rings. The SMILES string of the molecule is O=C(Cc1ccc(-c2cccc3ccccc23)cc1)Nc1cc(C2CC2)[nH]n1. The van der Waals surface area contributed by atoms with E-state index in [-0.39, 0.29) is 5.91 Å². The van der Waals surface area contributed by atoms with Crippen molar-refractivity contribution in [1.82, 2.24) is 10.2 Å². The third kappa shape index (κ3) is 3.41. The van der Waals surface area contributed by atoms with Crippen molar-refractivity contribution in [2.24, 2.45) is 0 Å². The molecule has 4 nitrogen and oxygen atoms in total. The first-order valence-corrected chi connectivity index (χ1v) is 9.68. The van der Waals surface area contributed by atoms with Crippen LogP contribution < -0.4 is 5.32 Å². The summed E-state index contributed by atoms with van der Waals surface area (Å²) >= 11 is 0. The van der Waals surface area contributed by atoms with Gasteiger partial charge in [-0.25, -0.2) is 0 Å². The normalized spacial score (nSPS) is 13.6. The summed E-state index contributed by atoms with van der Waals surface area (Å²) in [5.74, 6) is 1.16. The van der Waals surface area contributed by atoms with E-state index >= 15 is 0 Å². The molecule has 4 heteroatoms. The number of carbonyl (C=O) groups is 1. The van der Waals surface area contributed by atoms with Crippen LogP contribution >= 0.6 is 0 Å². The van der Waals surface area contributed by atoms with Crippen LogP contribution in [-0.2, 0) is 11.2 Å². The van der Waals surface area contributed by atoms with Crippen LogP contribution in [0.15, 0.2) is 72.8 Å². The molecule has 0 saturated heterocycles. The summed E-state index contributed by atoms with van der Waals surface area (Å²) in [6.45, 7) is 0. The number of hydrogen-bond donors (Lipinski definition) is 2. The lowest BCUT2D eigenvalue weighted by molar-refractivity contribution is -0.115. The molecule has 1 saturated carbocycles. The van der Waals surface area contributed by atoms with Crippen LogP contribution in [-0.4, -0.2) is 16.1 Å². The topological polar surface area (TPSA) is 57.8 Å². The molecule has 28 heavy (non-hydrogen) atoms. The zero-order chi connectivity index (χ0) is 18.9. The van der Waals surface area contributed by atoms with E-state index in [4.69, 9.17) is 0 Å². The maximum Gasteiger partial charge on any atom is 0.229 e. The molecule has 0 radical (unpaired) electrons. The first kappa shape index (κ1) is 16.8. The standard InChI is InChI=1S/C24H21N3O/c28-24(25-23-15-22(26-27-23)19-12-13-19)14-16-8-10-18(11-9-16)21-7-3-5-17-4-1-2-6-20(17)21/h1-11,15,19H,12-14H2,(H2,25,26,27,28). The highest BCUT2D eigenvalue weighted by molar-refractivity contribution is 5.96. The highest BCUT2D eigenvalue weighted by Gasteiger charge is 2.25. The lowest BCUT2D eigenvalue weighted by atomic mass is 9.97. The largest absolute Gasteiger partial charge is 0.309 e. The molecule has 1 heterocycles. The summed E-state index contributed by atoms with van der Waals surface area (Å²) in [7, 11) is 0. The van der Waals surface area contributed by atoms with E-state index in [0.717, 1.165) is 16.8 Å². The summed E-state index contributed by atoms with van der Waals surface area (Å²) in [5.41, 5.74) is 4.47. The van der Waals surface area contributed by atoms with Gasteiger partial charge in [-0.1, -0.05) is 66.7 Å². The molecule has 0 aliphatic heterocycles. The van der Waals surface area contributed by atoms with Crippen LogP contribution in [0.3, 0.4) is 0 Å². The zero-order valence-electron chi connectivity index (χ0n) is 15.5. The van der Waals surface area contributed by atoms with Gasteiger partial charge in [-0.05, 0) is 40.3 Å². The molecule has 0 spiro atoms. The van der Waals surface area contributed by atoms with Crippen molar-refractivity contribution in [3.63, 3.8) is 0 Å². The second kappa shape index (κ2) is 6.97. The van der Waals surface area contributed by atoms with Crippen LogP contribution in [0, 0.1) is 0 Å². The van der Waals surface area contributed by atoms with Crippen LogP contribution in [0.5, 0.6) is 0 Å². The van der Waals surface area contributed by atoms with Crippen molar-refractivity contribution in [3.05, 3.63) is 84.1 Å². The monoisotopic (exact) mass is 367 g/mol. The molecule has 138 valence electrons. The Morgan fingerprint density at radius 1 is 1.00 bits per heavy atom. The van der Waals surface area contributed by atoms with E-state index in [9.17, 15) is 4.79 Å². The van der Waals surface area contributed by atoms with Gasteiger partial charge in [0.1, 0.15) is 0 Å². The number of fused-ring (bicyclic) bond motifs is 1. The van der Waals surface area contributed by atoms with E-state index in [0.29, 0.717) is 18.2 Å². The predicted molar refractivity (Wildman–Crippen MR) is 112 cm³/mol. The Kier molecular flexibility index (Phi) is 4.17. The number of carbonyl (C=O) groups excluding carboxylic acids is 1. The zero-order valence-corrected chi connectivity index (χ0v) is 15.5. The van der Waals surface area contributed by atoms with Crippen molar-refractivity contribution < 1.29 is 4.79 Å². The number of amides is 1. The van der Waals surface area contributed by atoms with E-state index in [1.807, 2.05) is 18.2 Å². The number of hydrogen-bond acceptors (Lipinski definition) is 2. The van der Waals surface area contributed by atoms with Gasteiger partial charge < -0.3 is 5.32 Å². The number of nitrogens with one attached hydrogen (secondary N) is 2. The number of rotatable bonds is 5. The summed E-state index contributed by atoms with van der Waals surface area (Å²) in [4.78, 5) is 12.3. The molecule has 0 atom stereocenters. The highest BCUT2D eigenvalue weighted by Crippen LogP contribution is 2.39. The Bertz CT molecular complexity index is 1130. The maximum absolute atomic E-state index is 12.3. The Balaban J connectivity index is 1.29. The fraction of sp³-hybridized carbons (Fsp3) is 0.167. The molecule has 1 aromatic heterocycles. The minimum absolute atomic E-state index is 0.0493. The molecule has 4 aromatic rings. The van der Waals surface area contributed by atoms with Crippen molar-refractivity contribution in [1.29, 1.82) is 0 Å². The van der Waals surface area contributed by atoms with Crippen molar-refractivity contribution in [2.45, 2.75) is 25.2 Å². The predicted octanol–water partition coefficient (Wildman–Crippen LogP) is 5.29. The van der Waals surface area contributed by atoms with Gasteiger partial charge in [0, 0.05) is 17.7 Å². The lowest BCUT2D eigenvalue weighted by Crippen LogP contribution is -2.14. The average molecular weight is 367 g/mol. The van der Waals surface area contributed by atoms with Gasteiger partial charge >= 0.3 is 0 Å². The first-order chi connectivity index (χ1) is 13.8. The fourth-order valence-electron chi connectivity index (χ4n) is 3.66. The van der Waals surface area contributed by atoms with E-state index in [2.05, 4.69) is 70.1 Å². The van der Waals surface area contributed by atoms with E-state index in [1.54, 1.807) is 0 Å². The lowest BCUT2D eigenvalue weighted by Gasteiger charge is -2.08. The first-order valence-electron chi connectivity index (χ1n) is 9.68. The highest BCUT2D eigenvalue weighted by atomic mass is 16.1. The van der Waals surface area contributed by atoms with Crippen molar-refractivity contribution >= 4 is 22.5 Å².